The standard InChI is InChI=1S/C23H26ClN3O/c1-15-4-5-16(2)14-27(13-15)18-8-6-17(7-9-18)19-12-26-21-20(24)10-11-25-22(21)23(19)28-3/h6-12,15-16H,4-5,13-14H2,1-3H3/t15-,16+. The zero-order valence-electron chi connectivity index (χ0n) is 16.7. The third-order valence-electron chi connectivity index (χ3n) is 5.62. The fourth-order valence-corrected chi connectivity index (χ4v) is 4.28. The maximum absolute atomic E-state index is 6.26. The van der Waals surface area contributed by atoms with E-state index in [1.807, 2.05) is 6.20 Å². The molecule has 1 aliphatic heterocycles. The molecule has 0 saturated carbocycles. The number of nitrogens with zero attached hydrogens (tertiary/aromatic N) is 3. The number of hydrogen-bond acceptors (Lipinski definition) is 4. The number of anilines is 1. The molecule has 3 heterocycles. The van der Waals surface area contributed by atoms with Crippen LogP contribution in [-0.4, -0.2) is 30.2 Å². The predicted octanol–water partition coefficient (Wildman–Crippen LogP) is 5.83. The molecular weight excluding hydrogens is 370 g/mol. The van der Waals surface area contributed by atoms with Gasteiger partial charge in [0.2, 0.25) is 0 Å². The van der Waals surface area contributed by atoms with Crippen molar-refractivity contribution in [3.8, 4) is 16.9 Å². The van der Waals surface area contributed by atoms with Crippen LogP contribution in [0.5, 0.6) is 5.75 Å². The average Bonchev–Trinajstić information content (AvgIpc) is 2.88. The lowest BCUT2D eigenvalue weighted by Crippen LogP contribution is -2.29. The van der Waals surface area contributed by atoms with Crippen LogP contribution in [0.2, 0.25) is 5.02 Å². The molecular formula is C23H26ClN3O. The summed E-state index contributed by atoms with van der Waals surface area (Å²) in [7, 11) is 1.66. The Labute approximate surface area is 171 Å². The van der Waals surface area contributed by atoms with Crippen molar-refractivity contribution in [1.29, 1.82) is 0 Å². The molecule has 5 heteroatoms. The van der Waals surface area contributed by atoms with E-state index < -0.39 is 0 Å². The zero-order chi connectivity index (χ0) is 19.7. The van der Waals surface area contributed by atoms with Crippen LogP contribution in [0.15, 0.2) is 42.7 Å². The van der Waals surface area contributed by atoms with Gasteiger partial charge in [0, 0.05) is 36.7 Å². The van der Waals surface area contributed by atoms with Crippen LogP contribution in [0.1, 0.15) is 26.7 Å². The van der Waals surface area contributed by atoms with Gasteiger partial charge in [0.15, 0.2) is 5.75 Å². The molecule has 4 nitrogen and oxygen atoms in total. The van der Waals surface area contributed by atoms with Crippen molar-refractivity contribution in [2.24, 2.45) is 11.8 Å². The van der Waals surface area contributed by atoms with Gasteiger partial charge in [0.25, 0.3) is 0 Å². The number of halogens is 1. The third kappa shape index (κ3) is 3.66. The minimum atomic E-state index is 0.578. The second-order valence-corrected chi connectivity index (χ2v) is 8.34. The maximum atomic E-state index is 6.26. The minimum absolute atomic E-state index is 0.578. The summed E-state index contributed by atoms with van der Waals surface area (Å²) in [5.74, 6) is 2.16. The van der Waals surface area contributed by atoms with Crippen LogP contribution < -0.4 is 9.64 Å². The lowest BCUT2D eigenvalue weighted by Gasteiger charge is -2.27. The normalized spacial score (nSPS) is 20.2. The van der Waals surface area contributed by atoms with E-state index in [1.54, 1.807) is 19.4 Å². The van der Waals surface area contributed by atoms with Crippen molar-refractivity contribution in [2.75, 3.05) is 25.1 Å². The van der Waals surface area contributed by atoms with E-state index in [1.165, 1.54) is 18.5 Å². The molecule has 0 amide bonds. The van der Waals surface area contributed by atoms with Crippen molar-refractivity contribution in [1.82, 2.24) is 9.97 Å². The van der Waals surface area contributed by atoms with E-state index in [2.05, 4.69) is 53.0 Å². The molecule has 28 heavy (non-hydrogen) atoms. The summed E-state index contributed by atoms with van der Waals surface area (Å²) in [6.07, 6.45) is 6.12. The monoisotopic (exact) mass is 395 g/mol. The molecule has 1 saturated heterocycles. The second kappa shape index (κ2) is 7.96. The molecule has 2 aromatic heterocycles. The van der Waals surface area contributed by atoms with Crippen LogP contribution >= 0.6 is 11.6 Å². The molecule has 2 atom stereocenters. The number of rotatable bonds is 3. The number of hydrogen-bond donors (Lipinski definition) is 0. The predicted molar refractivity (Wildman–Crippen MR) is 116 cm³/mol. The number of ether oxygens (including phenoxy) is 1. The van der Waals surface area contributed by atoms with E-state index in [0.717, 1.165) is 36.1 Å². The molecule has 0 spiro atoms. The molecule has 0 unspecified atom stereocenters. The topological polar surface area (TPSA) is 38.2 Å². The van der Waals surface area contributed by atoms with Crippen molar-refractivity contribution < 1.29 is 4.74 Å². The van der Waals surface area contributed by atoms with Crippen LogP contribution in [0.4, 0.5) is 5.69 Å². The Bertz CT molecular complexity index is 961. The second-order valence-electron chi connectivity index (χ2n) is 7.93. The summed E-state index contributed by atoms with van der Waals surface area (Å²) in [6.45, 7) is 6.94. The van der Waals surface area contributed by atoms with Gasteiger partial charge in [0.1, 0.15) is 11.0 Å². The number of methoxy groups -OCH3 is 1. The fraction of sp³-hybridized carbons (Fsp3) is 0.391. The number of benzene rings is 1. The van der Waals surface area contributed by atoms with Crippen molar-refractivity contribution in [2.45, 2.75) is 26.7 Å². The lowest BCUT2D eigenvalue weighted by atomic mass is 10.0. The van der Waals surface area contributed by atoms with Crippen molar-refractivity contribution in [3.63, 3.8) is 0 Å². The van der Waals surface area contributed by atoms with Gasteiger partial charge in [-0.1, -0.05) is 37.6 Å². The van der Waals surface area contributed by atoms with Gasteiger partial charge in [-0.3, -0.25) is 9.97 Å². The highest BCUT2D eigenvalue weighted by Gasteiger charge is 2.20. The summed E-state index contributed by atoms with van der Waals surface area (Å²) in [5, 5.41) is 0.578. The quantitative estimate of drug-likeness (QED) is 0.559. The highest BCUT2D eigenvalue weighted by atomic mass is 35.5. The van der Waals surface area contributed by atoms with Gasteiger partial charge < -0.3 is 9.64 Å². The van der Waals surface area contributed by atoms with E-state index >= 15 is 0 Å². The van der Waals surface area contributed by atoms with E-state index in [0.29, 0.717) is 21.8 Å². The summed E-state index contributed by atoms with van der Waals surface area (Å²) in [6, 6.07) is 10.4. The van der Waals surface area contributed by atoms with Gasteiger partial charge in [-0.05, 0) is 48.4 Å². The van der Waals surface area contributed by atoms with E-state index in [9.17, 15) is 0 Å². The molecule has 0 radical (unpaired) electrons. The van der Waals surface area contributed by atoms with Crippen LogP contribution in [0, 0.1) is 11.8 Å². The Morgan fingerprint density at radius 2 is 1.64 bits per heavy atom. The Hall–Kier alpha value is -2.33. The molecule has 4 rings (SSSR count). The van der Waals surface area contributed by atoms with Crippen LogP contribution in [-0.2, 0) is 0 Å². The number of aromatic nitrogens is 2. The van der Waals surface area contributed by atoms with Crippen LogP contribution in [0.25, 0.3) is 22.2 Å². The first kappa shape index (κ1) is 19.0. The van der Waals surface area contributed by atoms with Crippen molar-refractivity contribution in [3.05, 3.63) is 47.7 Å². The zero-order valence-corrected chi connectivity index (χ0v) is 17.4. The smallest absolute Gasteiger partial charge is 0.156 e. The first-order valence-corrected chi connectivity index (χ1v) is 10.3. The lowest BCUT2D eigenvalue weighted by molar-refractivity contribution is 0.420. The molecule has 0 N–H and O–H groups in total. The first-order chi connectivity index (χ1) is 13.6. The molecule has 3 aromatic rings. The van der Waals surface area contributed by atoms with Gasteiger partial charge in [-0.25, -0.2) is 0 Å². The largest absolute Gasteiger partial charge is 0.494 e. The third-order valence-corrected chi connectivity index (χ3v) is 5.93. The van der Waals surface area contributed by atoms with Crippen LogP contribution in [0.3, 0.4) is 0 Å². The number of pyridine rings is 2. The summed E-state index contributed by atoms with van der Waals surface area (Å²) in [4.78, 5) is 11.5. The Kier molecular flexibility index (Phi) is 5.40. The highest BCUT2D eigenvalue weighted by Crippen LogP contribution is 2.37. The van der Waals surface area contributed by atoms with Crippen molar-refractivity contribution >= 4 is 28.3 Å². The Balaban J connectivity index is 1.69. The SMILES string of the molecule is COc1c(-c2ccc(N3C[C@H](C)CC[C@H](C)C3)cc2)cnc2c(Cl)ccnc12. The van der Waals surface area contributed by atoms with Gasteiger partial charge in [0.05, 0.1) is 12.1 Å². The molecule has 146 valence electrons. The molecule has 1 fully saturated rings. The fourth-order valence-electron chi connectivity index (χ4n) is 4.09. The average molecular weight is 396 g/mol. The van der Waals surface area contributed by atoms with E-state index in [4.69, 9.17) is 16.3 Å². The Morgan fingerprint density at radius 1 is 0.964 bits per heavy atom. The Morgan fingerprint density at radius 3 is 2.29 bits per heavy atom. The molecule has 1 aliphatic rings. The summed E-state index contributed by atoms with van der Waals surface area (Å²) >= 11 is 6.26. The highest BCUT2D eigenvalue weighted by molar-refractivity contribution is 6.35. The van der Waals surface area contributed by atoms with Gasteiger partial charge in [-0.2, -0.15) is 0 Å². The van der Waals surface area contributed by atoms with Gasteiger partial charge >= 0.3 is 0 Å². The first-order valence-electron chi connectivity index (χ1n) is 9.89. The molecule has 0 aliphatic carbocycles. The molecule has 1 aromatic carbocycles. The summed E-state index contributed by atoms with van der Waals surface area (Å²) < 4.78 is 5.69. The summed E-state index contributed by atoms with van der Waals surface area (Å²) in [5.41, 5.74) is 4.61. The minimum Gasteiger partial charge on any atom is -0.494 e. The molecule has 0 bridgehead atoms. The van der Waals surface area contributed by atoms with Gasteiger partial charge in [-0.15, -0.1) is 0 Å². The number of fused-ring (bicyclic) bond motifs is 1. The van der Waals surface area contributed by atoms with E-state index in [-0.39, 0.29) is 0 Å². The maximum Gasteiger partial charge on any atom is 0.156 e.